The number of hydrogen-bond donors (Lipinski definition) is 1. The molecule has 0 spiro atoms. The highest BCUT2D eigenvalue weighted by atomic mass is 15.3. The molecule has 0 amide bonds. The summed E-state index contributed by atoms with van der Waals surface area (Å²) in [4.78, 5) is 4.85. The number of aromatic nitrogens is 3. The van der Waals surface area contributed by atoms with Gasteiger partial charge < -0.3 is 5.73 Å². The molecule has 2 aromatic heterocycles. The molecule has 2 N–H and O–H groups in total. The van der Waals surface area contributed by atoms with Gasteiger partial charge in [0.05, 0.1) is 5.69 Å². The average molecular weight is 331 g/mol. The van der Waals surface area contributed by atoms with Crippen LogP contribution in [0.1, 0.15) is 88.6 Å². The van der Waals surface area contributed by atoms with Gasteiger partial charge in [-0.25, -0.2) is 4.98 Å². The van der Waals surface area contributed by atoms with Crippen molar-refractivity contribution < 1.29 is 0 Å². The van der Waals surface area contributed by atoms with Gasteiger partial charge in [-0.05, 0) is 32.6 Å². The van der Waals surface area contributed by atoms with Gasteiger partial charge in [-0.15, -0.1) is 0 Å². The summed E-state index contributed by atoms with van der Waals surface area (Å²) in [7, 11) is 0. The maximum Gasteiger partial charge on any atom is 0.157 e. The van der Waals surface area contributed by atoms with E-state index in [2.05, 4.69) is 18.9 Å². The summed E-state index contributed by atoms with van der Waals surface area (Å²) in [6.07, 6.45) is 13.6. The SMILES string of the molecule is CCCCCCCCCc1c(CCCC)nc2cc(C)nn2c1N. The van der Waals surface area contributed by atoms with Crippen molar-refractivity contribution in [3.8, 4) is 0 Å². The molecule has 4 nitrogen and oxygen atoms in total. The van der Waals surface area contributed by atoms with Gasteiger partial charge in [0.15, 0.2) is 5.65 Å². The Bertz CT molecular complexity index is 630. The molecule has 0 aromatic carbocycles. The zero-order valence-electron chi connectivity index (χ0n) is 15.8. The molecule has 2 aromatic rings. The zero-order valence-corrected chi connectivity index (χ0v) is 15.8. The molecule has 4 heteroatoms. The topological polar surface area (TPSA) is 56.2 Å². The largest absolute Gasteiger partial charge is 0.383 e. The molecule has 2 heterocycles. The molecule has 2 rings (SSSR count). The minimum atomic E-state index is 0.796. The smallest absolute Gasteiger partial charge is 0.157 e. The number of hydrogen-bond acceptors (Lipinski definition) is 3. The molecular weight excluding hydrogens is 296 g/mol. The number of nitrogens with zero attached hydrogens (tertiary/aromatic N) is 3. The Kier molecular flexibility index (Phi) is 7.54. The molecule has 0 atom stereocenters. The molecule has 134 valence electrons. The number of rotatable bonds is 11. The average Bonchev–Trinajstić information content (AvgIpc) is 2.94. The lowest BCUT2D eigenvalue weighted by Crippen LogP contribution is -2.10. The fraction of sp³-hybridized carbons (Fsp3) is 0.700. The molecule has 0 aliphatic carbocycles. The molecule has 0 fully saturated rings. The van der Waals surface area contributed by atoms with Crippen LogP contribution in [0.2, 0.25) is 0 Å². The lowest BCUT2D eigenvalue weighted by atomic mass is 10.0. The molecule has 0 saturated heterocycles. The van der Waals surface area contributed by atoms with Gasteiger partial charge >= 0.3 is 0 Å². The maximum atomic E-state index is 6.45. The van der Waals surface area contributed by atoms with E-state index in [1.54, 1.807) is 0 Å². The predicted molar refractivity (Wildman–Crippen MR) is 102 cm³/mol. The molecule has 0 aliphatic rings. The van der Waals surface area contributed by atoms with Crippen LogP contribution < -0.4 is 5.73 Å². The summed E-state index contributed by atoms with van der Waals surface area (Å²) in [5.41, 5.74) is 10.7. The van der Waals surface area contributed by atoms with Crippen LogP contribution in [0, 0.1) is 6.92 Å². The quantitative estimate of drug-likeness (QED) is 0.572. The van der Waals surface area contributed by atoms with E-state index in [0.717, 1.165) is 30.0 Å². The van der Waals surface area contributed by atoms with Crippen molar-refractivity contribution in [1.29, 1.82) is 0 Å². The summed E-state index contributed by atoms with van der Waals surface area (Å²) in [6.45, 7) is 6.48. The molecule has 24 heavy (non-hydrogen) atoms. The van der Waals surface area contributed by atoms with Crippen molar-refractivity contribution in [2.45, 2.75) is 91.4 Å². The van der Waals surface area contributed by atoms with Gasteiger partial charge in [0.25, 0.3) is 0 Å². The lowest BCUT2D eigenvalue weighted by Gasteiger charge is -2.13. The van der Waals surface area contributed by atoms with Gasteiger partial charge in [0, 0.05) is 17.3 Å². The predicted octanol–water partition coefficient (Wildman–Crippen LogP) is 5.26. The second-order valence-corrected chi connectivity index (χ2v) is 6.95. The third kappa shape index (κ3) is 4.96. The minimum absolute atomic E-state index is 0.796. The summed E-state index contributed by atoms with van der Waals surface area (Å²) in [5.74, 6) is 0.796. The Hall–Kier alpha value is -1.58. The van der Waals surface area contributed by atoms with E-state index in [-0.39, 0.29) is 0 Å². The van der Waals surface area contributed by atoms with Crippen LogP contribution in [-0.4, -0.2) is 14.6 Å². The standard InChI is InChI=1S/C20H34N4/c1-4-6-8-9-10-11-12-13-17-18(14-7-5-2)22-19-15-16(3)23-24(19)20(17)21/h15H,4-14,21H2,1-3H3. The van der Waals surface area contributed by atoms with Gasteiger partial charge in [-0.3, -0.25) is 0 Å². The van der Waals surface area contributed by atoms with E-state index >= 15 is 0 Å². The van der Waals surface area contributed by atoms with E-state index in [9.17, 15) is 0 Å². The number of anilines is 1. The molecule has 0 unspecified atom stereocenters. The van der Waals surface area contributed by atoms with Crippen molar-refractivity contribution in [2.75, 3.05) is 5.73 Å². The molecule has 0 saturated carbocycles. The second-order valence-electron chi connectivity index (χ2n) is 6.95. The van der Waals surface area contributed by atoms with E-state index < -0.39 is 0 Å². The number of fused-ring (bicyclic) bond motifs is 1. The summed E-state index contributed by atoms with van der Waals surface area (Å²) in [6, 6.07) is 2.02. The Balaban J connectivity index is 2.04. The Morgan fingerprint density at radius 2 is 1.58 bits per heavy atom. The van der Waals surface area contributed by atoms with E-state index in [4.69, 9.17) is 10.7 Å². The number of nitrogen functional groups attached to an aromatic ring is 1. The van der Waals surface area contributed by atoms with Gasteiger partial charge in [-0.1, -0.05) is 58.8 Å². The first-order valence-corrected chi connectivity index (χ1v) is 9.81. The minimum Gasteiger partial charge on any atom is -0.383 e. The first-order valence-electron chi connectivity index (χ1n) is 9.81. The normalized spacial score (nSPS) is 11.5. The molecular formula is C20H34N4. The Labute approximate surface area is 146 Å². The van der Waals surface area contributed by atoms with Gasteiger partial charge in [-0.2, -0.15) is 9.61 Å². The van der Waals surface area contributed by atoms with Gasteiger partial charge in [0.1, 0.15) is 5.82 Å². The third-order valence-corrected chi connectivity index (χ3v) is 4.75. The Morgan fingerprint density at radius 1 is 0.917 bits per heavy atom. The zero-order chi connectivity index (χ0) is 17.4. The molecule has 0 radical (unpaired) electrons. The van der Waals surface area contributed by atoms with Crippen molar-refractivity contribution in [3.05, 3.63) is 23.0 Å². The van der Waals surface area contributed by atoms with Crippen molar-refractivity contribution >= 4 is 11.5 Å². The van der Waals surface area contributed by atoms with E-state index in [1.807, 2.05) is 17.5 Å². The van der Waals surface area contributed by atoms with Crippen LogP contribution in [0.5, 0.6) is 0 Å². The van der Waals surface area contributed by atoms with Crippen LogP contribution in [0.15, 0.2) is 6.07 Å². The maximum absolute atomic E-state index is 6.45. The fourth-order valence-corrected chi connectivity index (χ4v) is 3.31. The van der Waals surface area contributed by atoms with Crippen LogP contribution in [0.25, 0.3) is 5.65 Å². The second kappa shape index (κ2) is 9.65. The Morgan fingerprint density at radius 3 is 2.29 bits per heavy atom. The summed E-state index contributed by atoms with van der Waals surface area (Å²) in [5, 5.41) is 4.50. The lowest BCUT2D eigenvalue weighted by molar-refractivity contribution is 0.587. The highest BCUT2D eigenvalue weighted by Gasteiger charge is 2.14. The highest BCUT2D eigenvalue weighted by molar-refractivity contribution is 5.53. The summed E-state index contributed by atoms with van der Waals surface area (Å²) >= 11 is 0. The van der Waals surface area contributed by atoms with Crippen molar-refractivity contribution in [2.24, 2.45) is 0 Å². The third-order valence-electron chi connectivity index (χ3n) is 4.75. The summed E-state index contributed by atoms with van der Waals surface area (Å²) < 4.78 is 1.82. The van der Waals surface area contributed by atoms with Crippen LogP contribution in [0.4, 0.5) is 5.82 Å². The first-order chi connectivity index (χ1) is 11.7. The first kappa shape index (κ1) is 18.8. The van der Waals surface area contributed by atoms with Crippen LogP contribution in [0.3, 0.4) is 0 Å². The number of nitrogens with two attached hydrogens (primary N) is 1. The highest BCUT2D eigenvalue weighted by Crippen LogP contribution is 2.23. The van der Waals surface area contributed by atoms with Crippen LogP contribution in [-0.2, 0) is 12.8 Å². The molecule has 0 aliphatic heterocycles. The van der Waals surface area contributed by atoms with Crippen LogP contribution >= 0.6 is 0 Å². The van der Waals surface area contributed by atoms with E-state index in [0.29, 0.717) is 0 Å². The fourth-order valence-electron chi connectivity index (χ4n) is 3.31. The van der Waals surface area contributed by atoms with Gasteiger partial charge in [0.2, 0.25) is 0 Å². The van der Waals surface area contributed by atoms with E-state index in [1.165, 1.54) is 69.0 Å². The number of aryl methyl sites for hydroxylation is 2. The van der Waals surface area contributed by atoms with Crippen molar-refractivity contribution in [3.63, 3.8) is 0 Å². The van der Waals surface area contributed by atoms with Crippen molar-refractivity contribution in [1.82, 2.24) is 14.6 Å². The monoisotopic (exact) mass is 330 g/mol. The molecule has 0 bridgehead atoms. The number of unbranched alkanes of at least 4 members (excludes halogenated alkanes) is 7.